The molecule has 2 aromatic heterocycles. The Morgan fingerprint density at radius 1 is 0.833 bits per heavy atom. The maximum absolute atomic E-state index is 13.3. The maximum Gasteiger partial charge on any atom is 0.263 e. The average molecular weight is 429 g/mol. The van der Waals surface area contributed by atoms with Gasteiger partial charge in [0.25, 0.3) is 5.56 Å². The molecule has 0 radical (unpaired) electrons. The van der Waals surface area contributed by atoms with Crippen LogP contribution in [-0.4, -0.2) is 9.55 Å². The molecule has 0 saturated heterocycles. The molecule has 0 unspecified atom stereocenters. The fraction of sp³-hybridized carbons (Fsp3) is 0.0400. The van der Waals surface area contributed by atoms with Crippen LogP contribution in [0.4, 0.5) is 0 Å². The summed E-state index contributed by atoms with van der Waals surface area (Å²) in [6, 6.07) is 26.1. The van der Waals surface area contributed by atoms with E-state index in [4.69, 9.17) is 11.6 Å². The lowest BCUT2D eigenvalue weighted by Gasteiger charge is -2.08. The van der Waals surface area contributed by atoms with E-state index in [2.05, 4.69) is 41.4 Å². The van der Waals surface area contributed by atoms with Crippen molar-refractivity contribution in [1.82, 2.24) is 9.55 Å². The van der Waals surface area contributed by atoms with Gasteiger partial charge in [-0.2, -0.15) is 0 Å². The van der Waals surface area contributed by atoms with Gasteiger partial charge in [0.15, 0.2) is 0 Å². The number of fused-ring (bicyclic) bond motifs is 1. The van der Waals surface area contributed by atoms with Gasteiger partial charge in [-0.3, -0.25) is 9.36 Å². The summed E-state index contributed by atoms with van der Waals surface area (Å²) in [6.45, 7) is 0.393. The van der Waals surface area contributed by atoms with Crippen molar-refractivity contribution in [3.05, 3.63) is 112 Å². The Labute approximate surface area is 182 Å². The second-order valence-corrected chi connectivity index (χ2v) is 8.31. The molecule has 3 aromatic carbocycles. The summed E-state index contributed by atoms with van der Waals surface area (Å²) in [6.07, 6.45) is 1.60. The maximum atomic E-state index is 13.3. The molecule has 0 aliphatic rings. The molecule has 0 bridgehead atoms. The number of aromatic nitrogens is 2. The largest absolute Gasteiger partial charge is 0.294 e. The van der Waals surface area contributed by atoms with Gasteiger partial charge in [-0.25, -0.2) is 4.98 Å². The summed E-state index contributed by atoms with van der Waals surface area (Å²) in [5.74, 6) is 0. The first kappa shape index (κ1) is 18.8. The molecule has 0 saturated carbocycles. The molecule has 30 heavy (non-hydrogen) atoms. The Morgan fingerprint density at radius 3 is 2.27 bits per heavy atom. The lowest BCUT2D eigenvalue weighted by atomic mass is 10.0. The van der Waals surface area contributed by atoms with E-state index in [1.54, 1.807) is 10.9 Å². The van der Waals surface area contributed by atoms with Gasteiger partial charge in [-0.15, -0.1) is 11.3 Å². The molecule has 0 aliphatic carbocycles. The highest BCUT2D eigenvalue weighted by Crippen LogP contribution is 2.32. The van der Waals surface area contributed by atoms with Crippen molar-refractivity contribution in [3.8, 4) is 22.3 Å². The predicted molar refractivity (Wildman–Crippen MR) is 125 cm³/mol. The summed E-state index contributed by atoms with van der Waals surface area (Å²) in [4.78, 5) is 18.5. The first-order chi connectivity index (χ1) is 14.7. The standard InChI is InChI=1S/C25H17ClN2OS/c26-22-9-5-4-8-20(22)14-28-16-27-24-23(25(28)29)21(15-30-24)19-12-10-18(11-13-19)17-6-2-1-3-7-17/h1-13,15-16H,14H2. The van der Waals surface area contributed by atoms with Crippen LogP contribution in [0.1, 0.15) is 5.56 Å². The van der Waals surface area contributed by atoms with Crippen molar-refractivity contribution in [1.29, 1.82) is 0 Å². The topological polar surface area (TPSA) is 34.9 Å². The second-order valence-electron chi connectivity index (χ2n) is 7.04. The summed E-state index contributed by atoms with van der Waals surface area (Å²) in [5.41, 5.74) is 5.08. The van der Waals surface area contributed by atoms with Crippen LogP contribution in [-0.2, 0) is 6.54 Å². The van der Waals surface area contributed by atoms with Crippen molar-refractivity contribution < 1.29 is 0 Å². The molecule has 5 aromatic rings. The monoisotopic (exact) mass is 428 g/mol. The highest BCUT2D eigenvalue weighted by atomic mass is 35.5. The van der Waals surface area contributed by atoms with Gasteiger partial charge < -0.3 is 0 Å². The molecule has 0 N–H and O–H groups in total. The number of rotatable bonds is 4. The highest BCUT2D eigenvalue weighted by Gasteiger charge is 2.14. The van der Waals surface area contributed by atoms with Gasteiger partial charge in [-0.1, -0.05) is 84.4 Å². The third-order valence-electron chi connectivity index (χ3n) is 5.16. The Bertz CT molecular complexity index is 1390. The van der Waals surface area contributed by atoms with Gasteiger partial charge >= 0.3 is 0 Å². The van der Waals surface area contributed by atoms with E-state index >= 15 is 0 Å². The molecule has 0 spiro atoms. The van der Waals surface area contributed by atoms with Gasteiger partial charge in [0.1, 0.15) is 4.83 Å². The minimum Gasteiger partial charge on any atom is -0.294 e. The fourth-order valence-electron chi connectivity index (χ4n) is 3.58. The summed E-state index contributed by atoms with van der Waals surface area (Å²) < 4.78 is 1.62. The number of hydrogen-bond donors (Lipinski definition) is 0. The van der Waals surface area contributed by atoms with E-state index < -0.39 is 0 Å². The minimum absolute atomic E-state index is 0.0525. The second kappa shape index (κ2) is 7.90. The molecule has 146 valence electrons. The zero-order chi connectivity index (χ0) is 20.5. The van der Waals surface area contributed by atoms with Crippen LogP contribution in [0.25, 0.3) is 32.5 Å². The third-order valence-corrected chi connectivity index (χ3v) is 6.42. The summed E-state index contributed by atoms with van der Waals surface area (Å²) in [5, 5.41) is 3.31. The Kier molecular flexibility index (Phi) is 4.95. The van der Waals surface area contributed by atoms with Crippen molar-refractivity contribution >= 4 is 33.2 Å². The number of nitrogens with zero attached hydrogens (tertiary/aromatic N) is 2. The fourth-order valence-corrected chi connectivity index (χ4v) is 4.68. The Balaban J connectivity index is 1.56. The van der Waals surface area contributed by atoms with Gasteiger partial charge in [-0.05, 0) is 28.3 Å². The molecule has 0 aliphatic heterocycles. The zero-order valence-corrected chi connectivity index (χ0v) is 17.5. The van der Waals surface area contributed by atoms with Crippen LogP contribution in [0, 0.1) is 0 Å². The smallest absolute Gasteiger partial charge is 0.263 e. The molecular formula is C25H17ClN2OS. The molecule has 3 nitrogen and oxygen atoms in total. The summed E-state index contributed by atoms with van der Waals surface area (Å²) >= 11 is 7.77. The van der Waals surface area contributed by atoms with Crippen molar-refractivity contribution in [2.45, 2.75) is 6.54 Å². The van der Waals surface area contributed by atoms with E-state index in [1.807, 2.05) is 47.8 Å². The lowest BCUT2D eigenvalue weighted by Crippen LogP contribution is -2.21. The molecular weight excluding hydrogens is 412 g/mol. The quantitative estimate of drug-likeness (QED) is 0.327. The van der Waals surface area contributed by atoms with Crippen LogP contribution in [0.3, 0.4) is 0 Å². The number of thiophene rings is 1. The van der Waals surface area contributed by atoms with Crippen LogP contribution in [0.15, 0.2) is 95.4 Å². The molecule has 0 atom stereocenters. The Hall–Kier alpha value is -3.21. The van der Waals surface area contributed by atoms with E-state index in [1.165, 1.54) is 16.9 Å². The van der Waals surface area contributed by atoms with E-state index in [0.29, 0.717) is 17.0 Å². The molecule has 5 rings (SSSR count). The van der Waals surface area contributed by atoms with Crippen LogP contribution in [0.5, 0.6) is 0 Å². The molecule has 5 heteroatoms. The van der Waals surface area contributed by atoms with E-state index in [0.717, 1.165) is 27.1 Å². The molecule has 0 fully saturated rings. The predicted octanol–water partition coefficient (Wildman–Crippen LogP) is 6.49. The third kappa shape index (κ3) is 3.45. The van der Waals surface area contributed by atoms with Crippen LogP contribution >= 0.6 is 22.9 Å². The van der Waals surface area contributed by atoms with E-state index in [9.17, 15) is 4.79 Å². The van der Waals surface area contributed by atoms with E-state index in [-0.39, 0.29) is 5.56 Å². The normalized spacial score (nSPS) is 11.1. The number of hydrogen-bond acceptors (Lipinski definition) is 3. The first-order valence-corrected chi connectivity index (χ1v) is 10.8. The SMILES string of the molecule is O=c1c2c(-c3ccc(-c4ccccc4)cc3)csc2ncn1Cc1ccccc1Cl. The van der Waals surface area contributed by atoms with Crippen LogP contribution in [0.2, 0.25) is 5.02 Å². The first-order valence-electron chi connectivity index (χ1n) is 9.56. The lowest BCUT2D eigenvalue weighted by molar-refractivity contribution is 0.750. The molecule has 0 amide bonds. The van der Waals surface area contributed by atoms with Crippen molar-refractivity contribution in [2.75, 3.05) is 0 Å². The molecule has 2 heterocycles. The zero-order valence-electron chi connectivity index (χ0n) is 16.0. The highest BCUT2D eigenvalue weighted by molar-refractivity contribution is 7.17. The van der Waals surface area contributed by atoms with Crippen LogP contribution < -0.4 is 5.56 Å². The van der Waals surface area contributed by atoms with Crippen molar-refractivity contribution in [2.24, 2.45) is 0 Å². The van der Waals surface area contributed by atoms with Gasteiger partial charge in [0.05, 0.1) is 18.3 Å². The number of benzene rings is 3. The summed E-state index contributed by atoms with van der Waals surface area (Å²) in [7, 11) is 0. The van der Waals surface area contributed by atoms with Gasteiger partial charge in [0, 0.05) is 16.0 Å². The number of halogens is 1. The van der Waals surface area contributed by atoms with Gasteiger partial charge in [0.2, 0.25) is 0 Å². The van der Waals surface area contributed by atoms with Crippen molar-refractivity contribution in [3.63, 3.8) is 0 Å². The average Bonchev–Trinajstić information content (AvgIpc) is 3.23. The minimum atomic E-state index is -0.0525. The Morgan fingerprint density at radius 2 is 1.50 bits per heavy atom.